The molecule has 0 bridgehead atoms. The maximum Gasteiger partial charge on any atom is 0.154 e. The predicted octanol–water partition coefficient (Wildman–Crippen LogP) is -0.527. The maximum atomic E-state index is 9.44. The highest BCUT2D eigenvalue weighted by Gasteiger charge is 1.62. The molecule has 4 nitrogen and oxygen atoms in total. The molecular weight excluding hydrogens is 100 g/mol. The zero-order valence-electron chi connectivity index (χ0n) is 4.13. The van der Waals surface area contributed by atoms with Gasteiger partial charge in [0.1, 0.15) is 5.78 Å². The summed E-state index contributed by atoms with van der Waals surface area (Å²) < 4.78 is 1.75. The lowest BCUT2D eigenvalue weighted by atomic mass is 10.6. The number of rotatable bonds is 0. The van der Waals surface area contributed by atoms with Crippen LogP contribution in [0.25, 0.3) is 0 Å². The van der Waals surface area contributed by atoms with E-state index in [4.69, 9.17) is 10.2 Å². The van der Waals surface area contributed by atoms with Crippen molar-refractivity contribution in [3.05, 3.63) is 9.71 Å². The summed E-state index contributed by atoms with van der Waals surface area (Å²) in [6, 6.07) is 0. The number of carbonyl (C=O) groups is 1. The van der Waals surface area contributed by atoms with E-state index in [1.165, 1.54) is 13.8 Å². The van der Waals surface area contributed by atoms with Crippen molar-refractivity contribution in [1.29, 1.82) is 0 Å². The first kappa shape index (κ1) is 9.42. The van der Waals surface area contributed by atoms with Crippen molar-refractivity contribution in [2.24, 2.45) is 0 Å². The molecule has 0 unspecified atom stereocenters. The topological polar surface area (TPSA) is 68.5 Å². The third-order valence-electron chi connectivity index (χ3n) is 0. The minimum atomic E-state index is 0.167. The average Bonchev–Trinajstić information content (AvgIpc) is 1.33. The van der Waals surface area contributed by atoms with Crippen LogP contribution in [0.5, 0.6) is 0 Å². The van der Waals surface area contributed by atoms with Gasteiger partial charge in [-0.3, -0.25) is 0 Å². The molecule has 0 heterocycles. The molecule has 0 aromatic carbocycles. The van der Waals surface area contributed by atoms with E-state index in [2.05, 4.69) is 0 Å². The minimum absolute atomic E-state index is 0.167. The highest BCUT2D eigenvalue weighted by molar-refractivity contribution is 5.72. The van der Waals surface area contributed by atoms with E-state index >= 15 is 0 Å². The van der Waals surface area contributed by atoms with E-state index in [0.29, 0.717) is 0 Å². The van der Waals surface area contributed by atoms with Gasteiger partial charge in [-0.2, -0.15) is 0 Å². The predicted molar refractivity (Wildman–Crippen MR) is 23.1 cm³/mol. The number of hydrogen-bond acceptors (Lipinski definition) is 3. The Hall–Kier alpha value is -0.930. The molecule has 0 fully saturated rings. The highest BCUT2D eigenvalue weighted by Crippen LogP contribution is 1.50. The van der Waals surface area contributed by atoms with Crippen molar-refractivity contribution in [3.63, 3.8) is 0 Å². The molecule has 0 saturated carbocycles. The fourth-order valence-electron chi connectivity index (χ4n) is 0. The molecule has 0 radical (unpaired) electrons. The number of carbonyl (C=O) groups excluding carboxylic acids is 1. The molecule has 0 aromatic heterocycles. The monoisotopic (exact) mass is 106 g/mol. The van der Waals surface area contributed by atoms with Crippen molar-refractivity contribution in [2.45, 2.75) is 13.8 Å². The molecule has 4 heteroatoms. The van der Waals surface area contributed by atoms with Crippen LogP contribution in [0.1, 0.15) is 13.8 Å². The van der Waals surface area contributed by atoms with Crippen molar-refractivity contribution in [2.75, 3.05) is 0 Å². The van der Waals surface area contributed by atoms with E-state index in [-0.39, 0.29) is 5.78 Å². The van der Waals surface area contributed by atoms with Crippen LogP contribution in [0.3, 0.4) is 0 Å². The number of Topliss-reactive ketones (excluding diaryl/α,β-unsaturated/α-hetero) is 1. The Kier molecular flexibility index (Phi) is 12.0. The van der Waals surface area contributed by atoms with Gasteiger partial charge in [-0.15, -0.1) is 0 Å². The third-order valence-corrected chi connectivity index (χ3v) is 0. The summed E-state index contributed by atoms with van der Waals surface area (Å²) >= 11 is 0. The Labute approximate surface area is 40.6 Å². The molecule has 0 rings (SSSR count). The number of hydrogen-bond donors (Lipinski definition) is 0. The molecule has 0 N–H and O–H groups in total. The van der Waals surface area contributed by atoms with Crippen LogP contribution < -0.4 is 5.26 Å². The van der Waals surface area contributed by atoms with Crippen molar-refractivity contribution >= 4 is 5.78 Å². The zero-order chi connectivity index (χ0) is 6.28. The Balaban J connectivity index is 0. The van der Waals surface area contributed by atoms with Gasteiger partial charge in [0.25, 0.3) is 0 Å². The van der Waals surface area contributed by atoms with Gasteiger partial charge in [0.2, 0.25) is 0 Å². The summed E-state index contributed by atoms with van der Waals surface area (Å²) in [6.07, 6.45) is 0. The van der Waals surface area contributed by atoms with Gasteiger partial charge in [-0.25, -0.2) is 0 Å². The first-order valence-corrected chi connectivity index (χ1v) is 1.54. The molecule has 0 aromatic rings. The lowest BCUT2D eigenvalue weighted by molar-refractivity contribution is -0.284. The van der Waals surface area contributed by atoms with Crippen LogP contribution in [-0.2, 0) is 4.79 Å². The second-order valence-electron chi connectivity index (χ2n) is 0.976. The number of ketones is 1. The Morgan fingerprint density at radius 2 is 1.57 bits per heavy atom. The molecule has 0 saturated heterocycles. The first-order valence-electron chi connectivity index (χ1n) is 1.54. The highest BCUT2D eigenvalue weighted by atomic mass is 17.2. The molecule has 0 aliphatic rings. The fourth-order valence-corrected chi connectivity index (χ4v) is 0. The molecule has 0 atom stereocenters. The average molecular weight is 106 g/mol. The van der Waals surface area contributed by atoms with Crippen molar-refractivity contribution < 1.29 is 10.1 Å². The smallest absolute Gasteiger partial charge is 0.154 e. The standard InChI is InChI=1S/C3H6O.O3/c1-3(2)4;1-3-2/h1-2H3;. The molecule has 0 spiro atoms. The summed E-state index contributed by atoms with van der Waals surface area (Å²) in [6.45, 7) is 3.06. The minimum Gasteiger partial charge on any atom is -0.300 e. The third kappa shape index (κ3) is 55.2. The molecular formula is C3H6O4. The Morgan fingerprint density at radius 3 is 1.57 bits per heavy atom. The van der Waals surface area contributed by atoms with Crippen LogP contribution in [0.15, 0.2) is 0 Å². The summed E-state index contributed by atoms with van der Waals surface area (Å²) in [5.41, 5.74) is 0. The van der Waals surface area contributed by atoms with Gasteiger partial charge in [0.05, 0.1) is 0 Å². The van der Waals surface area contributed by atoms with E-state index in [1.807, 2.05) is 0 Å². The van der Waals surface area contributed by atoms with Crippen molar-refractivity contribution in [1.82, 2.24) is 0 Å². The Morgan fingerprint density at radius 1 is 1.57 bits per heavy atom. The van der Waals surface area contributed by atoms with Gasteiger partial charge in [0.15, 0.2) is 4.75 Å². The molecule has 0 amide bonds. The summed E-state index contributed by atoms with van der Waals surface area (Å²) in [5, 5.41) is 7.88. The first-order chi connectivity index (χ1) is 3.15. The largest absolute Gasteiger partial charge is 0.300 e. The fraction of sp³-hybridized carbons (Fsp3) is 0.667. The van der Waals surface area contributed by atoms with Gasteiger partial charge in [-0.1, -0.05) is 10.2 Å². The van der Waals surface area contributed by atoms with E-state index in [0.717, 1.165) is 0 Å². The summed E-state index contributed by atoms with van der Waals surface area (Å²) in [7, 11) is 0. The molecule has 42 valence electrons. The lowest BCUT2D eigenvalue weighted by Gasteiger charge is -1.56. The van der Waals surface area contributed by atoms with Crippen LogP contribution in [-0.4, -0.2) is 5.78 Å². The van der Waals surface area contributed by atoms with E-state index < -0.39 is 0 Å². The molecule has 0 aliphatic carbocycles. The SMILES string of the molecule is CC(C)=O.O=[O+][O-]. The van der Waals surface area contributed by atoms with Crippen LogP contribution in [0.2, 0.25) is 0 Å². The lowest BCUT2D eigenvalue weighted by Crippen LogP contribution is -1.82. The van der Waals surface area contributed by atoms with Crippen LogP contribution in [0, 0.1) is 9.71 Å². The zero-order valence-corrected chi connectivity index (χ0v) is 4.13. The van der Waals surface area contributed by atoms with Crippen LogP contribution in [0.4, 0.5) is 0 Å². The van der Waals surface area contributed by atoms with Gasteiger partial charge >= 0.3 is 0 Å². The van der Waals surface area contributed by atoms with Crippen LogP contribution >= 0.6 is 0 Å². The Bertz CT molecular complexity index is 54.0. The summed E-state index contributed by atoms with van der Waals surface area (Å²) in [5.74, 6) is 0.167. The molecule has 0 aliphatic heterocycles. The normalized spacial score (nSPS) is 5.43. The van der Waals surface area contributed by atoms with E-state index in [1.54, 1.807) is 4.75 Å². The summed E-state index contributed by atoms with van der Waals surface area (Å²) in [4.78, 5) is 17.3. The van der Waals surface area contributed by atoms with E-state index in [9.17, 15) is 4.79 Å². The van der Waals surface area contributed by atoms with Gasteiger partial charge < -0.3 is 4.79 Å². The van der Waals surface area contributed by atoms with Gasteiger partial charge in [-0.05, 0) is 13.8 Å². The second kappa shape index (κ2) is 8.91. The van der Waals surface area contributed by atoms with Gasteiger partial charge in [0, 0.05) is 0 Å². The quantitative estimate of drug-likeness (QED) is 0.237. The van der Waals surface area contributed by atoms with Crippen molar-refractivity contribution in [3.8, 4) is 0 Å². The molecule has 7 heavy (non-hydrogen) atoms. The maximum absolute atomic E-state index is 9.44. The second-order valence-corrected chi connectivity index (χ2v) is 0.976.